The topological polar surface area (TPSA) is 24.1 Å². The summed E-state index contributed by atoms with van der Waals surface area (Å²) in [5.41, 5.74) is 0. The van der Waals surface area contributed by atoms with Gasteiger partial charge in [-0.05, 0) is 38.0 Å². The molecule has 2 rings (SSSR count). The van der Waals surface area contributed by atoms with E-state index < -0.39 is 0 Å². The van der Waals surface area contributed by atoms with E-state index in [0.717, 1.165) is 11.8 Å². The molecule has 62 valence electrons. The van der Waals surface area contributed by atoms with Crippen LogP contribution in [-0.4, -0.2) is 26.2 Å². The van der Waals surface area contributed by atoms with Crippen LogP contribution in [0.2, 0.25) is 0 Å². The van der Waals surface area contributed by atoms with Gasteiger partial charge in [0.1, 0.15) is 0 Å². The van der Waals surface area contributed by atoms with Crippen LogP contribution in [0.1, 0.15) is 0 Å². The molecule has 0 aromatic rings. The molecule has 2 aliphatic heterocycles. The van der Waals surface area contributed by atoms with Crippen molar-refractivity contribution in [1.29, 1.82) is 0 Å². The van der Waals surface area contributed by atoms with Gasteiger partial charge in [0, 0.05) is 0 Å². The highest BCUT2D eigenvalue weighted by Crippen LogP contribution is 2.19. The van der Waals surface area contributed by atoms with Crippen molar-refractivity contribution in [1.82, 2.24) is 10.6 Å². The van der Waals surface area contributed by atoms with E-state index in [1.54, 1.807) is 0 Å². The molecule has 0 atom stereocenters. The van der Waals surface area contributed by atoms with Gasteiger partial charge in [0.05, 0.1) is 0 Å². The van der Waals surface area contributed by atoms with Crippen LogP contribution in [0.3, 0.4) is 0 Å². The largest absolute Gasteiger partial charge is 0.316 e. The third kappa shape index (κ3) is 1.94. The molecule has 0 aromatic heterocycles. The molecule has 0 unspecified atom stereocenters. The van der Waals surface area contributed by atoms with Crippen LogP contribution in [-0.2, 0) is 0 Å². The third-order valence-electron chi connectivity index (χ3n) is 2.29. The highest BCUT2D eigenvalue weighted by atomic mass is 79.9. The highest BCUT2D eigenvalue weighted by molar-refractivity contribution is 8.93. The van der Waals surface area contributed by atoms with Crippen LogP contribution in [0.25, 0.3) is 0 Å². The molecule has 2 fully saturated rings. The molecule has 0 saturated carbocycles. The van der Waals surface area contributed by atoms with Crippen LogP contribution in [0.5, 0.6) is 0 Å². The van der Waals surface area contributed by atoms with Gasteiger partial charge in [-0.25, -0.2) is 0 Å². The Morgan fingerprint density at radius 2 is 1.00 bits per heavy atom. The highest BCUT2D eigenvalue weighted by Gasteiger charge is 2.30. The SMILES string of the molecule is Br.Br.C1NCC2CNCC12. The van der Waals surface area contributed by atoms with Crippen molar-refractivity contribution in [3.63, 3.8) is 0 Å². The smallest absolute Gasteiger partial charge is 0.000463 e. The minimum atomic E-state index is 0. The minimum absolute atomic E-state index is 0. The molecule has 2 aliphatic rings. The molecule has 2 N–H and O–H groups in total. The molecule has 10 heavy (non-hydrogen) atoms. The molecule has 2 heterocycles. The lowest BCUT2D eigenvalue weighted by Crippen LogP contribution is -2.19. The van der Waals surface area contributed by atoms with Crippen molar-refractivity contribution in [2.45, 2.75) is 0 Å². The molecular weight excluding hydrogens is 260 g/mol. The monoisotopic (exact) mass is 272 g/mol. The second-order valence-electron chi connectivity index (χ2n) is 2.84. The van der Waals surface area contributed by atoms with Gasteiger partial charge in [-0.2, -0.15) is 0 Å². The van der Waals surface area contributed by atoms with Crippen LogP contribution < -0.4 is 10.6 Å². The van der Waals surface area contributed by atoms with Crippen molar-refractivity contribution >= 4 is 34.0 Å². The van der Waals surface area contributed by atoms with Gasteiger partial charge < -0.3 is 10.6 Å². The fourth-order valence-corrected chi connectivity index (χ4v) is 1.72. The average Bonchev–Trinajstić information content (AvgIpc) is 2.15. The third-order valence-corrected chi connectivity index (χ3v) is 2.29. The van der Waals surface area contributed by atoms with Crippen LogP contribution >= 0.6 is 34.0 Å². The summed E-state index contributed by atoms with van der Waals surface area (Å²) in [6, 6.07) is 0. The quantitative estimate of drug-likeness (QED) is 0.675. The lowest BCUT2D eigenvalue weighted by Gasteiger charge is -2.01. The van der Waals surface area contributed by atoms with E-state index in [4.69, 9.17) is 0 Å². The van der Waals surface area contributed by atoms with E-state index in [1.807, 2.05) is 0 Å². The number of hydrogen-bond acceptors (Lipinski definition) is 2. The lowest BCUT2D eigenvalue weighted by atomic mass is 10.0. The summed E-state index contributed by atoms with van der Waals surface area (Å²) in [5, 5.41) is 6.77. The Bertz CT molecular complexity index is 79.7. The van der Waals surface area contributed by atoms with Gasteiger partial charge in [-0.1, -0.05) is 0 Å². The Balaban J connectivity index is 0.000000405. The van der Waals surface area contributed by atoms with Crippen molar-refractivity contribution in [3.8, 4) is 0 Å². The van der Waals surface area contributed by atoms with E-state index in [-0.39, 0.29) is 34.0 Å². The fraction of sp³-hybridized carbons (Fsp3) is 1.00. The summed E-state index contributed by atoms with van der Waals surface area (Å²) >= 11 is 0. The van der Waals surface area contributed by atoms with Crippen LogP contribution in [0.15, 0.2) is 0 Å². The second kappa shape index (κ2) is 4.70. The maximum absolute atomic E-state index is 3.38. The van der Waals surface area contributed by atoms with Gasteiger partial charge in [-0.15, -0.1) is 34.0 Å². The van der Waals surface area contributed by atoms with Crippen molar-refractivity contribution < 1.29 is 0 Å². The first kappa shape index (κ1) is 10.9. The zero-order chi connectivity index (χ0) is 5.40. The summed E-state index contributed by atoms with van der Waals surface area (Å²) < 4.78 is 0. The number of fused-ring (bicyclic) bond motifs is 1. The summed E-state index contributed by atoms with van der Waals surface area (Å²) in [6.45, 7) is 4.99. The van der Waals surface area contributed by atoms with Gasteiger partial charge in [0.2, 0.25) is 0 Å². The average molecular weight is 274 g/mol. The van der Waals surface area contributed by atoms with E-state index in [1.165, 1.54) is 26.2 Å². The molecular formula is C6H14Br2N2. The Labute approximate surface area is 82.7 Å². The van der Waals surface area contributed by atoms with Crippen LogP contribution in [0, 0.1) is 11.8 Å². The van der Waals surface area contributed by atoms with Crippen molar-refractivity contribution in [2.75, 3.05) is 26.2 Å². The van der Waals surface area contributed by atoms with Gasteiger partial charge in [0.15, 0.2) is 0 Å². The predicted molar refractivity (Wildman–Crippen MR) is 53.4 cm³/mol. The summed E-state index contributed by atoms with van der Waals surface area (Å²) in [4.78, 5) is 0. The maximum Gasteiger partial charge on any atom is -0.000463 e. The maximum atomic E-state index is 3.38. The van der Waals surface area contributed by atoms with E-state index in [0.29, 0.717) is 0 Å². The Morgan fingerprint density at radius 3 is 1.30 bits per heavy atom. The molecule has 0 amide bonds. The first-order valence-electron chi connectivity index (χ1n) is 3.38. The first-order chi connectivity index (χ1) is 3.97. The molecule has 0 aliphatic carbocycles. The zero-order valence-corrected chi connectivity index (χ0v) is 9.23. The van der Waals surface area contributed by atoms with Gasteiger partial charge in [-0.3, -0.25) is 0 Å². The van der Waals surface area contributed by atoms with E-state index in [2.05, 4.69) is 10.6 Å². The summed E-state index contributed by atoms with van der Waals surface area (Å²) in [5.74, 6) is 1.91. The van der Waals surface area contributed by atoms with Gasteiger partial charge in [0.25, 0.3) is 0 Å². The number of nitrogens with one attached hydrogen (secondary N) is 2. The Kier molecular flexibility index (Phi) is 5.11. The molecule has 0 aromatic carbocycles. The minimum Gasteiger partial charge on any atom is -0.316 e. The molecule has 0 spiro atoms. The summed E-state index contributed by atoms with van der Waals surface area (Å²) in [6.07, 6.45) is 0. The first-order valence-corrected chi connectivity index (χ1v) is 3.38. The number of rotatable bonds is 0. The molecule has 2 nitrogen and oxygen atoms in total. The van der Waals surface area contributed by atoms with Gasteiger partial charge >= 0.3 is 0 Å². The Morgan fingerprint density at radius 1 is 0.700 bits per heavy atom. The summed E-state index contributed by atoms with van der Waals surface area (Å²) in [7, 11) is 0. The fourth-order valence-electron chi connectivity index (χ4n) is 1.72. The molecule has 0 bridgehead atoms. The molecule has 4 heteroatoms. The van der Waals surface area contributed by atoms with Crippen molar-refractivity contribution in [3.05, 3.63) is 0 Å². The predicted octanol–water partition coefficient (Wildman–Crippen LogP) is 0.581. The van der Waals surface area contributed by atoms with E-state index in [9.17, 15) is 0 Å². The molecule has 0 radical (unpaired) electrons. The van der Waals surface area contributed by atoms with E-state index >= 15 is 0 Å². The standard InChI is InChI=1S/C6H12N2.2BrH/c1-5-2-8-4-6(5)3-7-1;;/h5-8H,1-4H2;2*1H. The lowest BCUT2D eigenvalue weighted by molar-refractivity contribution is 0.533. The number of halogens is 2. The number of hydrogen-bond donors (Lipinski definition) is 2. The normalized spacial score (nSPS) is 36.0. The molecule has 2 saturated heterocycles. The zero-order valence-electron chi connectivity index (χ0n) is 5.80. The second-order valence-corrected chi connectivity index (χ2v) is 2.84. The Hall–Kier alpha value is 0.880. The van der Waals surface area contributed by atoms with Crippen LogP contribution in [0.4, 0.5) is 0 Å². The van der Waals surface area contributed by atoms with Crippen molar-refractivity contribution in [2.24, 2.45) is 11.8 Å².